The van der Waals surface area contributed by atoms with Crippen molar-refractivity contribution in [2.24, 2.45) is 17.8 Å². The van der Waals surface area contributed by atoms with Crippen LogP contribution in [-0.2, 0) is 11.0 Å². The Bertz CT molecular complexity index is 875. The quantitative estimate of drug-likeness (QED) is 0.257. The topological polar surface area (TPSA) is 78.8 Å². The molecular formula is C29H50O5P-. The highest BCUT2D eigenvalue weighted by Gasteiger charge is 2.34. The third kappa shape index (κ3) is 9.41. The molecule has 5 nitrogen and oxygen atoms in total. The zero-order valence-corrected chi connectivity index (χ0v) is 24.4. The van der Waals surface area contributed by atoms with Gasteiger partial charge >= 0.3 is 7.82 Å². The van der Waals surface area contributed by atoms with E-state index in [-0.39, 0.29) is 11.4 Å². The Balaban J connectivity index is 1.85. The van der Waals surface area contributed by atoms with Gasteiger partial charge in [0.15, 0.2) is 0 Å². The van der Waals surface area contributed by atoms with Crippen molar-refractivity contribution < 1.29 is 23.6 Å². The average Bonchev–Trinajstić information content (AvgIpc) is 2.74. The summed E-state index contributed by atoms with van der Waals surface area (Å²) < 4.78 is 22.9. The number of ether oxygens (including phenoxy) is 1. The van der Waals surface area contributed by atoms with Gasteiger partial charge < -0.3 is 19.0 Å². The van der Waals surface area contributed by atoms with Gasteiger partial charge in [0.25, 0.3) is 0 Å². The Morgan fingerprint density at radius 2 is 1.49 bits per heavy atom. The molecule has 1 aliphatic heterocycles. The monoisotopic (exact) mass is 509 g/mol. The van der Waals surface area contributed by atoms with Crippen LogP contribution >= 0.6 is 7.82 Å². The number of benzene rings is 1. The molecule has 0 saturated heterocycles. The molecule has 1 aromatic carbocycles. The van der Waals surface area contributed by atoms with Gasteiger partial charge in [-0.2, -0.15) is 0 Å². The second-order valence-corrected chi connectivity index (χ2v) is 13.1. The third-order valence-corrected chi connectivity index (χ3v) is 8.46. The molecule has 1 aliphatic rings. The molecular weight excluding hydrogens is 459 g/mol. The molecule has 1 unspecified atom stereocenters. The van der Waals surface area contributed by atoms with Crippen LogP contribution in [0, 0.1) is 38.5 Å². The molecule has 1 heterocycles. The number of fused-ring (bicyclic) bond motifs is 1. The fourth-order valence-electron chi connectivity index (χ4n) is 5.51. The first-order chi connectivity index (χ1) is 16.2. The Morgan fingerprint density at radius 1 is 0.943 bits per heavy atom. The minimum Gasteiger partial charge on any atom is -0.746 e. The molecule has 1 aromatic rings. The van der Waals surface area contributed by atoms with Crippen molar-refractivity contribution in [3.63, 3.8) is 0 Å². The van der Waals surface area contributed by atoms with Gasteiger partial charge in [-0.05, 0) is 87.8 Å². The van der Waals surface area contributed by atoms with E-state index in [0.717, 1.165) is 65.9 Å². The summed E-state index contributed by atoms with van der Waals surface area (Å²) in [5, 5.41) is 0. The predicted molar refractivity (Wildman–Crippen MR) is 143 cm³/mol. The van der Waals surface area contributed by atoms with Crippen LogP contribution in [0.5, 0.6) is 11.5 Å². The van der Waals surface area contributed by atoms with Crippen molar-refractivity contribution in [3.05, 3.63) is 22.3 Å². The van der Waals surface area contributed by atoms with Crippen LogP contribution in [0.3, 0.4) is 0 Å². The zero-order valence-electron chi connectivity index (χ0n) is 23.5. The summed E-state index contributed by atoms with van der Waals surface area (Å²) in [5.74, 6) is 3.50. The van der Waals surface area contributed by atoms with Gasteiger partial charge in [0.1, 0.15) is 17.1 Å². The first-order valence-electron chi connectivity index (χ1n) is 13.8. The first kappa shape index (κ1) is 30.2. The Morgan fingerprint density at radius 3 is 2.03 bits per heavy atom. The second-order valence-electron chi connectivity index (χ2n) is 12.0. The van der Waals surface area contributed by atoms with E-state index in [2.05, 4.69) is 34.6 Å². The predicted octanol–water partition coefficient (Wildman–Crippen LogP) is 7.97. The van der Waals surface area contributed by atoms with Gasteiger partial charge in [-0.1, -0.05) is 72.6 Å². The Hall–Kier alpha value is -1.03. The third-order valence-electron chi connectivity index (χ3n) is 8.04. The molecule has 0 saturated carbocycles. The number of hydrogen-bond acceptors (Lipinski definition) is 4. The SMILES string of the molecule is Cc1c(C)c2c(c(C)c1OP(=O)([O-])O)CC[C@@](C)(CCC[C@H](C)CCC[C@H](C)CCCC(C)C)O2. The average molecular weight is 510 g/mol. The fraction of sp³-hybridized carbons (Fsp3) is 0.793. The van der Waals surface area contributed by atoms with Crippen LogP contribution in [0.25, 0.3) is 0 Å². The van der Waals surface area contributed by atoms with E-state index in [1.54, 1.807) is 0 Å². The molecule has 0 bridgehead atoms. The molecule has 0 fully saturated rings. The van der Waals surface area contributed by atoms with Crippen molar-refractivity contribution >= 4 is 7.82 Å². The Kier molecular flexibility index (Phi) is 11.2. The molecule has 202 valence electrons. The van der Waals surface area contributed by atoms with Gasteiger partial charge in [0.2, 0.25) is 0 Å². The first-order valence-corrected chi connectivity index (χ1v) is 15.3. The minimum atomic E-state index is -4.86. The van der Waals surface area contributed by atoms with Crippen molar-refractivity contribution in [1.82, 2.24) is 0 Å². The molecule has 35 heavy (non-hydrogen) atoms. The molecule has 0 radical (unpaired) electrons. The molecule has 0 aliphatic carbocycles. The highest BCUT2D eigenvalue weighted by atomic mass is 31.2. The summed E-state index contributed by atoms with van der Waals surface area (Å²) in [6.07, 6.45) is 13.2. The van der Waals surface area contributed by atoms with E-state index < -0.39 is 7.82 Å². The normalized spacial score (nSPS) is 21.2. The van der Waals surface area contributed by atoms with Crippen molar-refractivity contribution in [2.75, 3.05) is 0 Å². The molecule has 2 rings (SSSR count). The van der Waals surface area contributed by atoms with Crippen LogP contribution in [0.2, 0.25) is 0 Å². The summed E-state index contributed by atoms with van der Waals surface area (Å²) in [4.78, 5) is 20.6. The van der Waals surface area contributed by atoms with Crippen LogP contribution in [0.15, 0.2) is 0 Å². The summed E-state index contributed by atoms with van der Waals surface area (Å²) in [6, 6.07) is 0. The number of phosphoric acid groups is 1. The molecule has 6 heteroatoms. The van der Waals surface area contributed by atoms with E-state index >= 15 is 0 Å². The van der Waals surface area contributed by atoms with Crippen LogP contribution in [0.4, 0.5) is 0 Å². The molecule has 0 aromatic heterocycles. The lowest BCUT2D eigenvalue weighted by molar-refractivity contribution is -0.211. The minimum absolute atomic E-state index is 0.214. The van der Waals surface area contributed by atoms with Crippen molar-refractivity contribution in [1.29, 1.82) is 0 Å². The van der Waals surface area contributed by atoms with Gasteiger partial charge in [0.05, 0.1) is 0 Å². The summed E-state index contributed by atoms with van der Waals surface area (Å²) in [7, 11) is -4.86. The smallest absolute Gasteiger partial charge is 0.317 e. The number of hydrogen-bond donors (Lipinski definition) is 1. The maximum absolute atomic E-state index is 11.4. The van der Waals surface area contributed by atoms with Gasteiger partial charge in [-0.3, -0.25) is 4.57 Å². The summed E-state index contributed by atoms with van der Waals surface area (Å²) in [6.45, 7) is 17.2. The molecule has 0 amide bonds. The van der Waals surface area contributed by atoms with Gasteiger partial charge in [-0.15, -0.1) is 0 Å². The molecule has 0 spiro atoms. The van der Waals surface area contributed by atoms with Gasteiger partial charge in [0, 0.05) is 5.56 Å². The number of phosphoric ester groups is 1. The maximum atomic E-state index is 11.4. The number of rotatable bonds is 14. The van der Waals surface area contributed by atoms with E-state index in [9.17, 15) is 14.4 Å². The van der Waals surface area contributed by atoms with E-state index in [4.69, 9.17) is 9.26 Å². The lowest BCUT2D eigenvalue weighted by Crippen LogP contribution is -2.37. The summed E-state index contributed by atoms with van der Waals surface area (Å²) in [5.41, 5.74) is 3.10. The highest BCUT2D eigenvalue weighted by Crippen LogP contribution is 2.47. The van der Waals surface area contributed by atoms with Crippen molar-refractivity contribution in [2.45, 2.75) is 132 Å². The standard InChI is InChI=1S/C29H51O5P/c1-20(2)12-9-13-21(3)14-10-15-22(4)16-11-18-29(8)19-17-26-25(7)27(34-35(30,31)32)23(5)24(6)28(26)33-29/h20-22H,9-19H2,1-8H3,(H2,30,31,32)/p-1/t21-,22-,29-/m1/s1. The van der Waals surface area contributed by atoms with E-state index in [0.29, 0.717) is 5.56 Å². The van der Waals surface area contributed by atoms with E-state index in [1.165, 1.54) is 44.9 Å². The lowest BCUT2D eigenvalue weighted by Gasteiger charge is -2.38. The van der Waals surface area contributed by atoms with Crippen LogP contribution < -0.4 is 14.2 Å². The van der Waals surface area contributed by atoms with Crippen LogP contribution in [0.1, 0.15) is 121 Å². The maximum Gasteiger partial charge on any atom is 0.317 e. The van der Waals surface area contributed by atoms with Gasteiger partial charge in [-0.25, -0.2) is 0 Å². The lowest BCUT2D eigenvalue weighted by atomic mass is 9.84. The molecule has 1 N–H and O–H groups in total. The molecule has 4 atom stereocenters. The Labute approximate surface area is 214 Å². The van der Waals surface area contributed by atoms with Crippen molar-refractivity contribution in [3.8, 4) is 11.5 Å². The largest absolute Gasteiger partial charge is 0.746 e. The fourth-order valence-corrected chi connectivity index (χ4v) is 6.02. The van der Waals surface area contributed by atoms with Crippen LogP contribution in [-0.4, -0.2) is 10.5 Å². The second kappa shape index (κ2) is 13.0. The van der Waals surface area contributed by atoms with E-state index in [1.807, 2.05) is 20.8 Å². The zero-order chi connectivity index (χ0) is 26.4. The highest BCUT2D eigenvalue weighted by molar-refractivity contribution is 7.45. The summed E-state index contributed by atoms with van der Waals surface area (Å²) >= 11 is 0.